The van der Waals surface area contributed by atoms with E-state index in [0.29, 0.717) is 6.42 Å². The van der Waals surface area contributed by atoms with Gasteiger partial charge in [0, 0.05) is 11.8 Å². The van der Waals surface area contributed by atoms with E-state index in [1.807, 2.05) is 0 Å². The third-order valence-electron chi connectivity index (χ3n) is 3.43. The fourth-order valence-corrected chi connectivity index (χ4v) is 1.80. The number of hydrogen-bond donors (Lipinski definition) is 0. The predicted octanol–water partition coefficient (Wildman–Crippen LogP) is 2.96. The summed E-state index contributed by atoms with van der Waals surface area (Å²) in [4.78, 5) is 11.2. The Bertz CT molecular complexity index is 242. The Hall–Kier alpha value is -0.590. The van der Waals surface area contributed by atoms with Crippen molar-refractivity contribution in [3.05, 3.63) is 11.6 Å². The van der Waals surface area contributed by atoms with Crippen LogP contribution in [0.2, 0.25) is 0 Å². The molecule has 1 aliphatic rings. The third-order valence-corrected chi connectivity index (χ3v) is 3.43. The van der Waals surface area contributed by atoms with Gasteiger partial charge < -0.3 is 0 Å². The first-order valence-electron chi connectivity index (χ1n) is 4.49. The van der Waals surface area contributed by atoms with Crippen LogP contribution in [0, 0.1) is 10.8 Å². The quantitative estimate of drug-likeness (QED) is 0.540. The van der Waals surface area contributed by atoms with Crippen molar-refractivity contribution < 1.29 is 4.79 Å². The number of allylic oxidation sites excluding steroid dienone is 2. The molecule has 0 aromatic rings. The van der Waals surface area contributed by atoms with Gasteiger partial charge in [0.05, 0.1) is 0 Å². The van der Waals surface area contributed by atoms with Gasteiger partial charge in [0.1, 0.15) is 0 Å². The summed E-state index contributed by atoms with van der Waals surface area (Å²) in [7, 11) is 0. The average Bonchev–Trinajstić information content (AvgIpc) is 2.06. The Balaban J connectivity index is 3.04. The van der Waals surface area contributed by atoms with Crippen LogP contribution in [0.15, 0.2) is 11.6 Å². The van der Waals surface area contributed by atoms with Crippen molar-refractivity contribution in [2.24, 2.45) is 10.8 Å². The lowest BCUT2D eigenvalue weighted by Gasteiger charge is -2.39. The summed E-state index contributed by atoms with van der Waals surface area (Å²) in [5.41, 5.74) is 1.49. The molecule has 1 nitrogen and oxygen atoms in total. The summed E-state index contributed by atoms with van der Waals surface area (Å²) in [5, 5.41) is 0. The molecular weight excluding hydrogens is 148 g/mol. The van der Waals surface area contributed by atoms with Crippen LogP contribution in [-0.2, 0) is 4.79 Å². The van der Waals surface area contributed by atoms with Crippen LogP contribution in [0.5, 0.6) is 0 Å². The largest absolute Gasteiger partial charge is 0.295 e. The monoisotopic (exact) mass is 166 g/mol. The van der Waals surface area contributed by atoms with E-state index < -0.39 is 0 Å². The van der Waals surface area contributed by atoms with Crippen LogP contribution in [0.1, 0.15) is 41.0 Å². The molecule has 1 unspecified atom stereocenters. The predicted molar refractivity (Wildman–Crippen MR) is 50.9 cm³/mol. The Morgan fingerprint density at radius 1 is 1.42 bits per heavy atom. The lowest BCUT2D eigenvalue weighted by atomic mass is 9.64. The maximum Gasteiger partial charge on any atom is 0.156 e. The first-order chi connectivity index (χ1) is 5.27. The van der Waals surface area contributed by atoms with Gasteiger partial charge in [0.25, 0.3) is 0 Å². The number of ketones is 1. The van der Waals surface area contributed by atoms with E-state index in [-0.39, 0.29) is 16.6 Å². The van der Waals surface area contributed by atoms with Crippen molar-refractivity contribution in [2.75, 3.05) is 0 Å². The molecule has 0 saturated carbocycles. The Morgan fingerprint density at radius 3 is 2.08 bits per heavy atom. The Labute approximate surface area is 74.9 Å². The molecule has 1 aliphatic carbocycles. The Morgan fingerprint density at radius 2 is 1.92 bits per heavy atom. The standard InChI is InChI=1S/C11H18O/c1-8-6-9(12)7-11(8,5)10(2,3)4/h6H,7H2,1-5H3. The van der Waals surface area contributed by atoms with Gasteiger partial charge in [0.15, 0.2) is 5.78 Å². The van der Waals surface area contributed by atoms with Crippen LogP contribution in [-0.4, -0.2) is 5.78 Å². The molecule has 1 rings (SSSR count). The molecule has 0 N–H and O–H groups in total. The minimum atomic E-state index is 0.0735. The second-order valence-corrected chi connectivity index (χ2v) is 5.05. The molecule has 12 heavy (non-hydrogen) atoms. The second kappa shape index (κ2) is 2.45. The lowest BCUT2D eigenvalue weighted by molar-refractivity contribution is -0.116. The molecule has 0 saturated heterocycles. The maximum absolute atomic E-state index is 11.2. The average molecular weight is 166 g/mol. The molecule has 0 radical (unpaired) electrons. The molecule has 0 spiro atoms. The van der Waals surface area contributed by atoms with Crippen LogP contribution in [0.3, 0.4) is 0 Å². The summed E-state index contributed by atoms with van der Waals surface area (Å²) in [6.07, 6.45) is 2.48. The molecule has 68 valence electrons. The van der Waals surface area contributed by atoms with Crippen molar-refractivity contribution in [1.29, 1.82) is 0 Å². The van der Waals surface area contributed by atoms with Gasteiger partial charge in [-0.2, -0.15) is 0 Å². The van der Waals surface area contributed by atoms with Crippen LogP contribution in [0.25, 0.3) is 0 Å². The van der Waals surface area contributed by atoms with Gasteiger partial charge in [-0.05, 0) is 18.4 Å². The van der Waals surface area contributed by atoms with Gasteiger partial charge in [-0.25, -0.2) is 0 Å². The molecule has 0 heterocycles. The SMILES string of the molecule is CC1=CC(=O)CC1(C)C(C)(C)C. The second-order valence-electron chi connectivity index (χ2n) is 5.05. The molecule has 0 amide bonds. The van der Waals surface area contributed by atoms with Gasteiger partial charge in [-0.1, -0.05) is 33.3 Å². The Kier molecular flexibility index (Phi) is 1.94. The van der Waals surface area contributed by atoms with E-state index in [4.69, 9.17) is 0 Å². The van der Waals surface area contributed by atoms with E-state index in [0.717, 1.165) is 0 Å². The van der Waals surface area contributed by atoms with Gasteiger partial charge in [-0.3, -0.25) is 4.79 Å². The highest BCUT2D eigenvalue weighted by Crippen LogP contribution is 2.50. The zero-order chi connectivity index (χ0) is 9.57. The van der Waals surface area contributed by atoms with Crippen LogP contribution in [0.4, 0.5) is 0 Å². The molecular formula is C11H18O. The molecule has 0 aromatic carbocycles. The van der Waals surface area contributed by atoms with E-state index in [9.17, 15) is 4.79 Å². The highest BCUT2D eigenvalue weighted by atomic mass is 16.1. The van der Waals surface area contributed by atoms with Crippen LogP contribution < -0.4 is 0 Å². The summed E-state index contributed by atoms with van der Waals surface area (Å²) >= 11 is 0. The number of carbonyl (C=O) groups is 1. The fraction of sp³-hybridized carbons (Fsp3) is 0.727. The van der Waals surface area contributed by atoms with Crippen molar-refractivity contribution in [3.63, 3.8) is 0 Å². The van der Waals surface area contributed by atoms with Crippen molar-refractivity contribution >= 4 is 5.78 Å². The minimum absolute atomic E-state index is 0.0735. The number of rotatable bonds is 0. The highest BCUT2D eigenvalue weighted by Gasteiger charge is 2.43. The van der Waals surface area contributed by atoms with Crippen molar-refractivity contribution in [2.45, 2.75) is 41.0 Å². The normalized spacial score (nSPS) is 30.8. The first-order valence-corrected chi connectivity index (χ1v) is 4.49. The molecule has 0 aliphatic heterocycles. The van der Waals surface area contributed by atoms with Crippen molar-refractivity contribution in [1.82, 2.24) is 0 Å². The van der Waals surface area contributed by atoms with E-state index >= 15 is 0 Å². The summed E-state index contributed by atoms with van der Waals surface area (Å²) in [6.45, 7) is 10.8. The number of hydrogen-bond acceptors (Lipinski definition) is 1. The van der Waals surface area contributed by atoms with E-state index in [1.54, 1.807) is 6.08 Å². The first kappa shape index (κ1) is 9.50. The molecule has 1 atom stereocenters. The van der Waals surface area contributed by atoms with Crippen LogP contribution >= 0.6 is 0 Å². The summed E-state index contributed by atoms with van der Waals surface area (Å²) < 4.78 is 0. The zero-order valence-electron chi connectivity index (χ0n) is 8.69. The maximum atomic E-state index is 11.2. The fourth-order valence-electron chi connectivity index (χ4n) is 1.80. The molecule has 0 aromatic heterocycles. The minimum Gasteiger partial charge on any atom is -0.295 e. The highest BCUT2D eigenvalue weighted by molar-refractivity contribution is 5.94. The zero-order valence-corrected chi connectivity index (χ0v) is 8.69. The summed E-state index contributed by atoms with van der Waals surface area (Å²) in [6, 6.07) is 0. The van der Waals surface area contributed by atoms with Gasteiger partial charge in [-0.15, -0.1) is 0 Å². The molecule has 0 bridgehead atoms. The smallest absolute Gasteiger partial charge is 0.156 e. The third kappa shape index (κ3) is 1.21. The molecule has 0 fully saturated rings. The van der Waals surface area contributed by atoms with Crippen molar-refractivity contribution in [3.8, 4) is 0 Å². The van der Waals surface area contributed by atoms with Gasteiger partial charge in [0.2, 0.25) is 0 Å². The number of carbonyl (C=O) groups excluding carboxylic acids is 1. The summed E-state index contributed by atoms with van der Waals surface area (Å²) in [5.74, 6) is 0.282. The van der Waals surface area contributed by atoms with E-state index in [1.165, 1.54) is 5.57 Å². The van der Waals surface area contributed by atoms with Gasteiger partial charge >= 0.3 is 0 Å². The lowest BCUT2D eigenvalue weighted by Crippen LogP contribution is -2.32. The van der Waals surface area contributed by atoms with E-state index in [2.05, 4.69) is 34.6 Å². The molecule has 1 heteroatoms. The topological polar surface area (TPSA) is 17.1 Å².